The van der Waals surface area contributed by atoms with E-state index in [1.807, 2.05) is 48.5 Å². The van der Waals surface area contributed by atoms with Gasteiger partial charge in [0.1, 0.15) is 11.2 Å². The maximum Gasteiger partial charge on any atom is 0.410 e. The second-order valence-electron chi connectivity index (χ2n) is 11.4. The molecule has 3 atom stereocenters. The van der Waals surface area contributed by atoms with Gasteiger partial charge in [-0.3, -0.25) is 9.59 Å². The first-order valence-corrected chi connectivity index (χ1v) is 13.0. The van der Waals surface area contributed by atoms with Gasteiger partial charge in [0.2, 0.25) is 0 Å². The molecule has 0 saturated carbocycles. The SMILES string of the molecule is COC(=O)C1CC(C)CN(C(=O)OC(C)(C)C)C1.COC(=O)C1CCCN(C(=O)OC(C)(C)C)C1.O=C=O.O=C=O. The average Bonchev–Trinajstić information content (AvgIpc) is 2.86. The Kier molecular flexibility index (Phi) is 18.6. The Bertz CT molecular complexity index is 898. The highest BCUT2D eigenvalue weighted by Gasteiger charge is 2.34. The Morgan fingerprint density at radius 2 is 1.07 bits per heavy atom. The van der Waals surface area contributed by atoms with Crippen molar-refractivity contribution in [1.82, 2.24) is 9.80 Å². The fourth-order valence-electron chi connectivity index (χ4n) is 3.99. The van der Waals surface area contributed by atoms with Gasteiger partial charge in [0.25, 0.3) is 0 Å². The highest BCUT2D eigenvalue weighted by Crippen LogP contribution is 2.24. The maximum atomic E-state index is 12.0. The van der Waals surface area contributed by atoms with Crippen molar-refractivity contribution in [2.75, 3.05) is 40.4 Å². The quantitative estimate of drug-likeness (QED) is 0.340. The zero-order chi connectivity index (χ0) is 32.4. The number of carbonyl (C=O) groups is 4. The molecule has 2 amide bonds. The van der Waals surface area contributed by atoms with Crippen LogP contribution in [0.3, 0.4) is 0 Å². The Morgan fingerprint density at radius 1 is 0.683 bits per heavy atom. The first-order valence-electron chi connectivity index (χ1n) is 13.0. The van der Waals surface area contributed by atoms with Gasteiger partial charge >= 0.3 is 36.4 Å². The van der Waals surface area contributed by atoms with E-state index in [0.717, 1.165) is 19.3 Å². The normalized spacial score (nSPS) is 19.9. The molecule has 14 heteroatoms. The zero-order valence-electron chi connectivity index (χ0n) is 25.5. The number of carbonyl (C=O) groups excluding carboxylic acids is 8. The number of hydrogen-bond acceptors (Lipinski definition) is 12. The molecule has 0 aromatic heterocycles. The van der Waals surface area contributed by atoms with E-state index in [1.54, 1.807) is 9.80 Å². The fraction of sp³-hybridized carbons (Fsp3) is 0.778. The fourth-order valence-corrected chi connectivity index (χ4v) is 3.99. The highest BCUT2D eigenvalue weighted by atomic mass is 16.6. The van der Waals surface area contributed by atoms with Gasteiger partial charge in [0.05, 0.1) is 26.1 Å². The molecule has 3 unspecified atom stereocenters. The van der Waals surface area contributed by atoms with Crippen molar-refractivity contribution in [3.8, 4) is 0 Å². The lowest BCUT2D eigenvalue weighted by atomic mass is 9.91. The molecule has 0 bridgehead atoms. The molecule has 2 saturated heterocycles. The molecule has 0 aromatic carbocycles. The van der Waals surface area contributed by atoms with Gasteiger partial charge in [0.15, 0.2) is 0 Å². The van der Waals surface area contributed by atoms with Crippen LogP contribution in [0.25, 0.3) is 0 Å². The van der Waals surface area contributed by atoms with Crippen molar-refractivity contribution in [3.05, 3.63) is 0 Å². The lowest BCUT2D eigenvalue weighted by molar-refractivity contribution is -0.193. The summed E-state index contributed by atoms with van der Waals surface area (Å²) >= 11 is 0. The summed E-state index contributed by atoms with van der Waals surface area (Å²) in [6, 6.07) is 0. The number of hydrogen-bond donors (Lipinski definition) is 0. The third kappa shape index (κ3) is 18.3. The lowest BCUT2D eigenvalue weighted by Crippen LogP contribution is -2.47. The van der Waals surface area contributed by atoms with Crippen molar-refractivity contribution in [2.24, 2.45) is 17.8 Å². The molecule has 0 aromatic rings. The lowest BCUT2D eigenvalue weighted by Gasteiger charge is -2.36. The molecule has 2 rings (SSSR count). The minimum atomic E-state index is -0.515. The Labute approximate surface area is 240 Å². The van der Waals surface area contributed by atoms with E-state index in [1.165, 1.54) is 14.2 Å². The van der Waals surface area contributed by atoms with E-state index >= 15 is 0 Å². The summed E-state index contributed by atoms with van der Waals surface area (Å²) in [4.78, 5) is 82.5. The topological polar surface area (TPSA) is 180 Å². The summed E-state index contributed by atoms with van der Waals surface area (Å²) in [6.45, 7) is 15.0. The standard InChI is InChI=1S/C13H23NO4.C12H21NO4.2CO2/c1-9-6-10(11(15)17-5)8-14(7-9)12(16)18-13(2,3)4;1-12(2,3)17-11(15)13-7-5-6-9(8-13)10(14)16-4;2*2-1-3/h9-10H,6-8H2,1-5H3;9H,5-8H2,1-4H3;;. The molecule has 2 aliphatic heterocycles. The third-order valence-electron chi connectivity index (χ3n) is 5.45. The van der Waals surface area contributed by atoms with Gasteiger partial charge in [-0.1, -0.05) is 6.92 Å². The summed E-state index contributed by atoms with van der Waals surface area (Å²) in [5.41, 5.74) is -1.02. The number of amides is 2. The number of esters is 2. The zero-order valence-corrected chi connectivity index (χ0v) is 25.5. The van der Waals surface area contributed by atoms with Crippen molar-refractivity contribution >= 4 is 36.4 Å². The van der Waals surface area contributed by atoms with E-state index in [4.69, 9.17) is 38.1 Å². The van der Waals surface area contributed by atoms with Crippen LogP contribution in [0.2, 0.25) is 0 Å². The number of piperidine rings is 2. The summed E-state index contributed by atoms with van der Waals surface area (Å²) in [6.07, 6.45) is 2.12. The van der Waals surface area contributed by atoms with Crippen LogP contribution in [0.15, 0.2) is 0 Å². The van der Waals surface area contributed by atoms with Gasteiger partial charge in [-0.2, -0.15) is 19.2 Å². The molecule has 2 aliphatic rings. The van der Waals surface area contributed by atoms with E-state index in [-0.39, 0.29) is 54.2 Å². The molecule has 0 N–H and O–H groups in total. The minimum Gasteiger partial charge on any atom is -0.469 e. The Morgan fingerprint density at radius 3 is 1.49 bits per heavy atom. The summed E-state index contributed by atoms with van der Waals surface area (Å²) in [7, 11) is 2.74. The van der Waals surface area contributed by atoms with Crippen molar-refractivity contribution < 1.29 is 57.3 Å². The van der Waals surface area contributed by atoms with E-state index in [2.05, 4.69) is 0 Å². The molecule has 2 fully saturated rings. The molecule has 2 heterocycles. The number of likely N-dealkylation sites (tertiary alicyclic amines) is 2. The van der Waals surface area contributed by atoms with Crippen LogP contribution in [0.1, 0.15) is 67.7 Å². The van der Waals surface area contributed by atoms with Crippen LogP contribution >= 0.6 is 0 Å². The molecular weight excluding hydrogens is 544 g/mol. The first kappa shape index (κ1) is 39.4. The van der Waals surface area contributed by atoms with Crippen molar-refractivity contribution in [1.29, 1.82) is 0 Å². The van der Waals surface area contributed by atoms with Gasteiger partial charge in [-0.05, 0) is 66.7 Å². The monoisotopic (exact) mass is 588 g/mol. The number of methoxy groups -OCH3 is 2. The third-order valence-corrected chi connectivity index (χ3v) is 5.45. The maximum absolute atomic E-state index is 12.0. The number of nitrogens with zero attached hydrogens (tertiary/aromatic N) is 2. The highest BCUT2D eigenvalue weighted by molar-refractivity contribution is 5.75. The van der Waals surface area contributed by atoms with Crippen LogP contribution in [0, 0.1) is 17.8 Å². The number of rotatable bonds is 2. The van der Waals surface area contributed by atoms with E-state index < -0.39 is 11.2 Å². The van der Waals surface area contributed by atoms with Gasteiger partial charge in [-0.15, -0.1) is 0 Å². The first-order chi connectivity index (χ1) is 18.9. The summed E-state index contributed by atoms with van der Waals surface area (Å²) in [5.74, 6) is -0.698. The largest absolute Gasteiger partial charge is 0.469 e. The van der Waals surface area contributed by atoms with Crippen LogP contribution in [0.4, 0.5) is 9.59 Å². The van der Waals surface area contributed by atoms with Crippen LogP contribution in [-0.2, 0) is 47.7 Å². The molecule has 0 aliphatic carbocycles. The molecular formula is C27H44N2O12. The minimum absolute atomic E-state index is 0.221. The Balaban J connectivity index is 0. The average molecular weight is 589 g/mol. The Hall–Kier alpha value is -3.76. The van der Waals surface area contributed by atoms with Gasteiger partial charge in [0, 0.05) is 26.2 Å². The van der Waals surface area contributed by atoms with Crippen LogP contribution in [-0.4, -0.2) is 97.8 Å². The van der Waals surface area contributed by atoms with Crippen molar-refractivity contribution in [2.45, 2.75) is 78.9 Å². The predicted molar refractivity (Wildman–Crippen MR) is 140 cm³/mol. The smallest absolute Gasteiger partial charge is 0.410 e. The second-order valence-corrected chi connectivity index (χ2v) is 11.4. The molecule has 0 spiro atoms. The molecule has 234 valence electrons. The second kappa shape index (κ2) is 19.3. The summed E-state index contributed by atoms with van der Waals surface area (Å²) in [5, 5.41) is 0. The van der Waals surface area contributed by atoms with E-state index in [0.29, 0.717) is 26.2 Å². The number of ether oxygens (including phenoxy) is 4. The molecule has 14 nitrogen and oxygen atoms in total. The van der Waals surface area contributed by atoms with Crippen molar-refractivity contribution in [3.63, 3.8) is 0 Å². The molecule has 41 heavy (non-hydrogen) atoms. The van der Waals surface area contributed by atoms with Crippen LogP contribution < -0.4 is 0 Å². The van der Waals surface area contributed by atoms with Gasteiger partial charge < -0.3 is 28.7 Å². The van der Waals surface area contributed by atoms with Crippen LogP contribution in [0.5, 0.6) is 0 Å². The predicted octanol–water partition coefficient (Wildman–Crippen LogP) is 2.69. The molecule has 0 radical (unpaired) electrons. The van der Waals surface area contributed by atoms with Gasteiger partial charge in [-0.25, -0.2) is 9.59 Å². The summed E-state index contributed by atoms with van der Waals surface area (Å²) < 4.78 is 20.0. The van der Waals surface area contributed by atoms with E-state index in [9.17, 15) is 19.2 Å².